The van der Waals surface area contributed by atoms with Crippen molar-refractivity contribution in [3.8, 4) is 5.75 Å². The molecule has 5 heteroatoms. The van der Waals surface area contributed by atoms with Crippen molar-refractivity contribution in [2.24, 2.45) is 0 Å². The predicted octanol–water partition coefficient (Wildman–Crippen LogP) is 3.30. The number of benzene rings is 2. The van der Waals surface area contributed by atoms with Crippen molar-refractivity contribution < 1.29 is 17.9 Å². The smallest absolute Gasteiger partial charge is 0.200 e. The number of carbonyl (C=O) groups is 1. The van der Waals surface area contributed by atoms with Crippen molar-refractivity contribution in [2.75, 3.05) is 12.9 Å². The SMILES string of the molecule is CCCc1ccc(C(=O)COc2ccc(S(C)(=O)=O)cc2)cc1. The molecule has 0 amide bonds. The number of ether oxygens (including phenoxy) is 1. The van der Waals surface area contributed by atoms with E-state index in [0.29, 0.717) is 11.3 Å². The summed E-state index contributed by atoms with van der Waals surface area (Å²) in [4.78, 5) is 12.3. The van der Waals surface area contributed by atoms with Gasteiger partial charge in [0.25, 0.3) is 0 Å². The van der Waals surface area contributed by atoms with Crippen LogP contribution in [-0.2, 0) is 16.3 Å². The molecule has 0 saturated heterocycles. The van der Waals surface area contributed by atoms with Crippen molar-refractivity contribution in [1.82, 2.24) is 0 Å². The lowest BCUT2D eigenvalue weighted by molar-refractivity contribution is 0.0921. The van der Waals surface area contributed by atoms with Crippen molar-refractivity contribution in [3.05, 3.63) is 59.7 Å². The van der Waals surface area contributed by atoms with E-state index in [9.17, 15) is 13.2 Å². The van der Waals surface area contributed by atoms with Crippen LogP contribution in [0.3, 0.4) is 0 Å². The van der Waals surface area contributed by atoms with Gasteiger partial charge in [-0.05, 0) is 36.2 Å². The lowest BCUT2D eigenvalue weighted by Gasteiger charge is -2.07. The molecule has 4 nitrogen and oxygen atoms in total. The number of ketones is 1. The van der Waals surface area contributed by atoms with E-state index in [1.54, 1.807) is 12.1 Å². The van der Waals surface area contributed by atoms with Gasteiger partial charge in [0.15, 0.2) is 22.2 Å². The molecule has 0 spiro atoms. The molecule has 0 aromatic heterocycles. The summed E-state index contributed by atoms with van der Waals surface area (Å²) in [6.45, 7) is 2.04. The maximum Gasteiger partial charge on any atom is 0.200 e. The minimum atomic E-state index is -3.23. The fourth-order valence-corrected chi connectivity index (χ4v) is 2.79. The van der Waals surface area contributed by atoms with E-state index in [4.69, 9.17) is 4.74 Å². The molecule has 122 valence electrons. The summed E-state index contributed by atoms with van der Waals surface area (Å²) in [5, 5.41) is 0. The Morgan fingerprint density at radius 1 is 1.00 bits per heavy atom. The summed E-state index contributed by atoms with van der Waals surface area (Å²) in [6, 6.07) is 13.6. The molecule has 2 aromatic rings. The number of carbonyl (C=O) groups excluding carboxylic acids is 1. The van der Waals surface area contributed by atoms with Crippen LogP contribution in [0.2, 0.25) is 0 Å². The highest BCUT2D eigenvalue weighted by molar-refractivity contribution is 7.90. The maximum atomic E-state index is 12.1. The molecule has 0 N–H and O–H groups in total. The monoisotopic (exact) mass is 332 g/mol. The first-order valence-corrected chi connectivity index (χ1v) is 9.34. The van der Waals surface area contributed by atoms with Crippen LogP contribution in [0.1, 0.15) is 29.3 Å². The number of hydrogen-bond acceptors (Lipinski definition) is 4. The highest BCUT2D eigenvalue weighted by Crippen LogP contribution is 2.16. The van der Waals surface area contributed by atoms with E-state index in [0.717, 1.165) is 19.1 Å². The van der Waals surface area contributed by atoms with E-state index in [1.165, 1.54) is 17.7 Å². The summed E-state index contributed by atoms with van der Waals surface area (Å²) in [7, 11) is -3.23. The molecule has 0 aliphatic rings. The molecule has 0 radical (unpaired) electrons. The van der Waals surface area contributed by atoms with Crippen LogP contribution >= 0.6 is 0 Å². The Morgan fingerprint density at radius 3 is 2.13 bits per heavy atom. The Bertz CT molecular complexity index is 760. The molecule has 0 unspecified atom stereocenters. The molecule has 0 fully saturated rings. The van der Waals surface area contributed by atoms with Crippen molar-refractivity contribution >= 4 is 15.6 Å². The van der Waals surface area contributed by atoms with Gasteiger partial charge < -0.3 is 4.74 Å². The Hall–Kier alpha value is -2.14. The number of Topliss-reactive ketones (excluding diaryl/α,β-unsaturated/α-hetero) is 1. The molecular formula is C18H20O4S. The molecule has 2 rings (SSSR count). The van der Waals surface area contributed by atoms with Crippen molar-refractivity contribution in [1.29, 1.82) is 0 Å². The second-order valence-corrected chi connectivity index (χ2v) is 7.42. The standard InChI is InChI=1S/C18H20O4S/c1-3-4-14-5-7-15(8-6-14)18(19)13-22-16-9-11-17(12-10-16)23(2,20)21/h5-12H,3-4,13H2,1-2H3. The molecule has 0 aliphatic carbocycles. The predicted molar refractivity (Wildman–Crippen MR) is 89.8 cm³/mol. The highest BCUT2D eigenvalue weighted by Gasteiger charge is 2.09. The third-order valence-electron chi connectivity index (χ3n) is 3.44. The van der Waals surface area contributed by atoms with Gasteiger partial charge in [-0.3, -0.25) is 4.79 Å². The quantitative estimate of drug-likeness (QED) is 0.730. The second-order valence-electron chi connectivity index (χ2n) is 5.40. The van der Waals surface area contributed by atoms with Gasteiger partial charge in [-0.25, -0.2) is 8.42 Å². The van der Waals surface area contributed by atoms with Crippen LogP contribution in [0.15, 0.2) is 53.4 Å². The van der Waals surface area contributed by atoms with Gasteiger partial charge in [-0.15, -0.1) is 0 Å². The number of rotatable bonds is 7. The summed E-state index contributed by atoms with van der Waals surface area (Å²) in [5.74, 6) is 0.355. The Balaban J connectivity index is 1.96. The van der Waals surface area contributed by atoms with Crippen LogP contribution in [0.4, 0.5) is 0 Å². The first-order valence-electron chi connectivity index (χ1n) is 7.45. The van der Waals surface area contributed by atoms with Crippen LogP contribution in [0.5, 0.6) is 5.75 Å². The fraction of sp³-hybridized carbons (Fsp3) is 0.278. The topological polar surface area (TPSA) is 60.4 Å². The lowest BCUT2D eigenvalue weighted by atomic mass is 10.1. The van der Waals surface area contributed by atoms with Gasteiger partial charge in [0.05, 0.1) is 4.90 Å². The number of sulfone groups is 1. The lowest BCUT2D eigenvalue weighted by Crippen LogP contribution is -2.11. The van der Waals surface area contributed by atoms with Gasteiger partial charge in [0, 0.05) is 11.8 Å². The van der Waals surface area contributed by atoms with Gasteiger partial charge in [0.1, 0.15) is 5.75 Å². The fourth-order valence-electron chi connectivity index (χ4n) is 2.16. The molecule has 2 aromatic carbocycles. The molecular weight excluding hydrogens is 312 g/mol. The Morgan fingerprint density at radius 2 is 1.61 bits per heavy atom. The first-order chi connectivity index (χ1) is 10.9. The minimum absolute atomic E-state index is 0.0780. The normalized spacial score (nSPS) is 11.2. The van der Waals surface area contributed by atoms with E-state index < -0.39 is 9.84 Å². The van der Waals surface area contributed by atoms with E-state index in [2.05, 4.69) is 6.92 Å². The zero-order valence-electron chi connectivity index (χ0n) is 13.3. The average Bonchev–Trinajstić information content (AvgIpc) is 2.53. The zero-order valence-corrected chi connectivity index (χ0v) is 14.1. The average molecular weight is 332 g/mol. The third kappa shape index (κ3) is 4.93. The largest absolute Gasteiger partial charge is 0.485 e. The molecule has 0 bridgehead atoms. The number of aryl methyl sites for hydroxylation is 1. The third-order valence-corrected chi connectivity index (χ3v) is 4.56. The number of hydrogen-bond donors (Lipinski definition) is 0. The van der Waals surface area contributed by atoms with Gasteiger partial charge in [-0.1, -0.05) is 37.6 Å². The first kappa shape index (κ1) is 17.2. The molecule has 0 aliphatic heterocycles. The van der Waals surface area contributed by atoms with Gasteiger partial charge in [0.2, 0.25) is 0 Å². The highest BCUT2D eigenvalue weighted by atomic mass is 32.2. The van der Waals surface area contributed by atoms with Gasteiger partial charge in [-0.2, -0.15) is 0 Å². The van der Waals surface area contributed by atoms with Crippen LogP contribution in [-0.4, -0.2) is 27.1 Å². The van der Waals surface area contributed by atoms with Crippen LogP contribution < -0.4 is 4.74 Å². The second kappa shape index (κ2) is 7.42. The van der Waals surface area contributed by atoms with Crippen LogP contribution in [0, 0.1) is 0 Å². The summed E-state index contributed by atoms with van der Waals surface area (Å²) in [5.41, 5.74) is 1.82. The van der Waals surface area contributed by atoms with Gasteiger partial charge >= 0.3 is 0 Å². The summed E-state index contributed by atoms with van der Waals surface area (Å²) < 4.78 is 28.2. The summed E-state index contributed by atoms with van der Waals surface area (Å²) in [6.07, 6.45) is 3.21. The Labute approximate surface area is 137 Å². The summed E-state index contributed by atoms with van der Waals surface area (Å²) >= 11 is 0. The molecule has 23 heavy (non-hydrogen) atoms. The molecule has 0 saturated carbocycles. The van der Waals surface area contributed by atoms with E-state index in [-0.39, 0.29) is 17.3 Å². The molecule has 0 atom stereocenters. The van der Waals surface area contributed by atoms with Crippen molar-refractivity contribution in [3.63, 3.8) is 0 Å². The minimum Gasteiger partial charge on any atom is -0.485 e. The van der Waals surface area contributed by atoms with Crippen molar-refractivity contribution in [2.45, 2.75) is 24.7 Å². The Kier molecular flexibility index (Phi) is 5.55. The van der Waals surface area contributed by atoms with Crippen LogP contribution in [0.25, 0.3) is 0 Å². The van der Waals surface area contributed by atoms with E-state index >= 15 is 0 Å². The molecule has 0 heterocycles. The van der Waals surface area contributed by atoms with E-state index in [1.807, 2.05) is 24.3 Å². The zero-order chi connectivity index (χ0) is 16.9. The maximum absolute atomic E-state index is 12.1.